The molecule has 12 heteroatoms. The van der Waals surface area contributed by atoms with Crippen LogP contribution >= 0.6 is 0 Å². The lowest BCUT2D eigenvalue weighted by molar-refractivity contribution is -0.143. The maximum atomic E-state index is 13.0. The fourth-order valence-corrected chi connectivity index (χ4v) is 3.45. The molecule has 0 saturated heterocycles. The average Bonchev–Trinajstić information content (AvgIpc) is 2.61. The van der Waals surface area contributed by atoms with E-state index in [-0.39, 0.29) is 35.0 Å². The highest BCUT2D eigenvalue weighted by atomic mass is 32.2. The lowest BCUT2D eigenvalue weighted by atomic mass is 10.1. The number of hydrogen-bond acceptors (Lipinski definition) is 4. The molecule has 0 aliphatic carbocycles. The summed E-state index contributed by atoms with van der Waals surface area (Å²) in [5, 5.41) is 0. The van der Waals surface area contributed by atoms with Crippen LogP contribution in [0.2, 0.25) is 0 Å². The minimum Gasteiger partial charge on any atom is -0.465 e. The molecular formula is C17H13F6NO4S. The molecule has 0 aromatic heterocycles. The van der Waals surface area contributed by atoms with Crippen LogP contribution in [0.4, 0.5) is 32.0 Å². The summed E-state index contributed by atoms with van der Waals surface area (Å²) < 4.78 is 109. The second-order valence-electron chi connectivity index (χ2n) is 5.87. The van der Waals surface area contributed by atoms with E-state index in [0.717, 1.165) is 13.2 Å². The first-order valence-electron chi connectivity index (χ1n) is 7.66. The molecule has 5 nitrogen and oxygen atoms in total. The Morgan fingerprint density at radius 3 is 1.90 bits per heavy atom. The highest BCUT2D eigenvalue weighted by Crippen LogP contribution is 2.37. The first kappa shape index (κ1) is 22.5. The van der Waals surface area contributed by atoms with Crippen molar-refractivity contribution in [2.45, 2.75) is 24.2 Å². The largest absolute Gasteiger partial charge is 0.465 e. The minimum atomic E-state index is -5.20. The number of benzene rings is 2. The zero-order chi connectivity index (χ0) is 22.2. The van der Waals surface area contributed by atoms with Gasteiger partial charge >= 0.3 is 18.3 Å². The van der Waals surface area contributed by atoms with E-state index < -0.39 is 44.4 Å². The van der Waals surface area contributed by atoms with Gasteiger partial charge in [0.2, 0.25) is 0 Å². The van der Waals surface area contributed by atoms with Crippen molar-refractivity contribution in [1.82, 2.24) is 0 Å². The summed E-state index contributed by atoms with van der Waals surface area (Å²) in [5.41, 5.74) is -3.56. The Labute approximate surface area is 161 Å². The normalized spacial score (nSPS) is 12.6. The molecule has 0 heterocycles. The van der Waals surface area contributed by atoms with E-state index in [9.17, 15) is 39.6 Å². The predicted octanol–water partition coefficient (Wildman–Crippen LogP) is 4.62. The minimum absolute atomic E-state index is 0.0733. The maximum Gasteiger partial charge on any atom is 0.416 e. The molecule has 0 spiro atoms. The summed E-state index contributed by atoms with van der Waals surface area (Å²) in [6.07, 6.45) is -10.4. The van der Waals surface area contributed by atoms with Crippen molar-refractivity contribution in [2.75, 3.05) is 11.8 Å². The van der Waals surface area contributed by atoms with Gasteiger partial charge in [0.1, 0.15) is 0 Å². The quantitative estimate of drug-likeness (QED) is 0.555. The first-order chi connectivity index (χ1) is 13.1. The van der Waals surface area contributed by atoms with E-state index >= 15 is 0 Å². The van der Waals surface area contributed by atoms with Crippen molar-refractivity contribution in [3.05, 3.63) is 58.7 Å². The Morgan fingerprint density at radius 2 is 1.45 bits per heavy atom. The second-order valence-corrected chi connectivity index (χ2v) is 7.55. The van der Waals surface area contributed by atoms with Gasteiger partial charge in [0.05, 0.1) is 34.4 Å². The number of sulfonamides is 1. The standard InChI is InChI=1S/C17H13F6NO4S/c1-9-3-4-10(15(25)28-2)5-14(9)24-29(26,27)13-7-11(16(18,19)20)6-12(8-13)17(21,22)23/h3-8,24H,1-2H3. The molecule has 2 aromatic rings. The summed E-state index contributed by atoms with van der Waals surface area (Å²) in [5.74, 6) is -0.816. The number of hydrogen-bond donors (Lipinski definition) is 1. The van der Waals surface area contributed by atoms with E-state index in [2.05, 4.69) is 4.74 Å². The van der Waals surface area contributed by atoms with E-state index in [0.29, 0.717) is 0 Å². The van der Waals surface area contributed by atoms with Crippen molar-refractivity contribution in [3.63, 3.8) is 0 Å². The second kappa shape index (κ2) is 7.58. The lowest BCUT2D eigenvalue weighted by Crippen LogP contribution is -2.18. The zero-order valence-corrected chi connectivity index (χ0v) is 15.6. The van der Waals surface area contributed by atoms with Crippen molar-refractivity contribution in [3.8, 4) is 0 Å². The SMILES string of the molecule is COC(=O)c1ccc(C)c(NS(=O)(=O)c2cc(C(F)(F)F)cc(C(F)(F)F)c2)c1. The molecule has 0 bridgehead atoms. The van der Waals surface area contributed by atoms with Gasteiger partial charge in [-0.1, -0.05) is 6.07 Å². The molecular weight excluding hydrogens is 428 g/mol. The molecule has 0 atom stereocenters. The molecule has 2 aromatic carbocycles. The molecule has 0 fully saturated rings. The van der Waals surface area contributed by atoms with Crippen molar-refractivity contribution < 1.29 is 44.3 Å². The van der Waals surface area contributed by atoms with E-state index in [1.54, 1.807) is 0 Å². The van der Waals surface area contributed by atoms with Crippen LogP contribution in [0.25, 0.3) is 0 Å². The molecule has 0 aliphatic rings. The predicted molar refractivity (Wildman–Crippen MR) is 89.8 cm³/mol. The third kappa shape index (κ3) is 5.19. The number of alkyl halides is 6. The summed E-state index contributed by atoms with van der Waals surface area (Å²) in [7, 11) is -3.78. The van der Waals surface area contributed by atoms with Gasteiger partial charge in [-0.05, 0) is 42.8 Å². The van der Waals surface area contributed by atoms with Crippen LogP contribution in [0.1, 0.15) is 27.0 Å². The first-order valence-corrected chi connectivity index (χ1v) is 9.15. The van der Waals surface area contributed by atoms with Crippen LogP contribution in [0, 0.1) is 6.92 Å². The number of rotatable bonds is 4. The number of anilines is 1. The number of carbonyl (C=O) groups is 1. The van der Waals surface area contributed by atoms with Gasteiger partial charge in [0.15, 0.2) is 0 Å². The average molecular weight is 441 g/mol. The molecule has 0 radical (unpaired) electrons. The highest BCUT2D eigenvalue weighted by Gasteiger charge is 2.38. The number of esters is 1. The zero-order valence-electron chi connectivity index (χ0n) is 14.8. The summed E-state index contributed by atoms with van der Waals surface area (Å²) in [6, 6.07) is 3.70. The summed E-state index contributed by atoms with van der Waals surface area (Å²) in [4.78, 5) is 10.3. The Kier molecular flexibility index (Phi) is 5.89. The van der Waals surface area contributed by atoms with Gasteiger partial charge in [-0.2, -0.15) is 26.3 Å². The van der Waals surface area contributed by atoms with Crippen LogP contribution in [0.3, 0.4) is 0 Å². The lowest BCUT2D eigenvalue weighted by Gasteiger charge is -2.16. The molecule has 2 rings (SSSR count). The third-order valence-electron chi connectivity index (χ3n) is 3.77. The molecule has 0 amide bonds. The van der Waals surface area contributed by atoms with Gasteiger partial charge in [-0.25, -0.2) is 13.2 Å². The van der Waals surface area contributed by atoms with E-state index in [1.165, 1.54) is 19.1 Å². The molecule has 0 aliphatic heterocycles. The molecule has 1 N–H and O–H groups in total. The number of ether oxygens (including phenoxy) is 1. The number of nitrogens with one attached hydrogen (secondary N) is 1. The topological polar surface area (TPSA) is 72.5 Å². The van der Waals surface area contributed by atoms with Crippen molar-refractivity contribution >= 4 is 21.7 Å². The summed E-state index contributed by atoms with van der Waals surface area (Å²) >= 11 is 0. The number of carbonyl (C=O) groups excluding carboxylic acids is 1. The fourth-order valence-electron chi connectivity index (χ4n) is 2.26. The van der Waals surface area contributed by atoms with Crippen LogP contribution < -0.4 is 4.72 Å². The summed E-state index contributed by atoms with van der Waals surface area (Å²) in [6.45, 7) is 1.42. The van der Waals surface area contributed by atoms with E-state index in [4.69, 9.17) is 0 Å². The van der Waals surface area contributed by atoms with Gasteiger partial charge in [0.25, 0.3) is 10.0 Å². The Bertz CT molecular complexity index is 1010. The van der Waals surface area contributed by atoms with Crippen molar-refractivity contribution in [2.24, 2.45) is 0 Å². The van der Waals surface area contributed by atoms with Gasteiger partial charge in [-0.15, -0.1) is 0 Å². The maximum absolute atomic E-state index is 13.0. The van der Waals surface area contributed by atoms with Crippen LogP contribution in [0.15, 0.2) is 41.3 Å². The molecule has 29 heavy (non-hydrogen) atoms. The smallest absolute Gasteiger partial charge is 0.416 e. The Hall–Kier alpha value is -2.76. The van der Waals surface area contributed by atoms with Gasteiger partial charge in [-0.3, -0.25) is 4.72 Å². The van der Waals surface area contributed by atoms with Gasteiger partial charge < -0.3 is 4.74 Å². The van der Waals surface area contributed by atoms with Crippen LogP contribution in [-0.4, -0.2) is 21.5 Å². The molecule has 0 unspecified atom stereocenters. The number of aryl methyl sites for hydroxylation is 1. The highest BCUT2D eigenvalue weighted by molar-refractivity contribution is 7.92. The van der Waals surface area contributed by atoms with Gasteiger partial charge in [0, 0.05) is 0 Å². The Morgan fingerprint density at radius 1 is 0.931 bits per heavy atom. The van der Waals surface area contributed by atoms with Crippen LogP contribution in [0.5, 0.6) is 0 Å². The van der Waals surface area contributed by atoms with E-state index in [1.807, 2.05) is 4.72 Å². The third-order valence-corrected chi connectivity index (χ3v) is 5.12. The fraction of sp³-hybridized carbons (Fsp3) is 0.235. The molecule has 158 valence electrons. The Balaban J connectivity index is 2.58. The number of methoxy groups -OCH3 is 1. The van der Waals surface area contributed by atoms with Crippen LogP contribution in [-0.2, 0) is 27.1 Å². The molecule has 0 saturated carbocycles. The number of halogens is 6. The monoisotopic (exact) mass is 441 g/mol. The van der Waals surface area contributed by atoms with Crippen molar-refractivity contribution in [1.29, 1.82) is 0 Å².